The molecule has 2 N–H and O–H groups in total. The minimum Gasteiger partial charge on any atom is -0.496 e. The Kier molecular flexibility index (Phi) is 12.9. The number of nitrogens with zero attached hydrogens (tertiary/aromatic N) is 4. The fraction of sp³-hybridized carbons (Fsp3) is 0.227. The summed E-state index contributed by atoms with van der Waals surface area (Å²) in [6.07, 6.45) is 5.38. The van der Waals surface area contributed by atoms with Gasteiger partial charge in [-0.25, -0.2) is 19.4 Å². The summed E-state index contributed by atoms with van der Waals surface area (Å²) >= 11 is 8.50. The molecular weight excluding hydrogens is 747 g/mol. The Morgan fingerprint density at radius 3 is 2.48 bits per heavy atom. The molecule has 2 aliphatic rings. The third-order valence-corrected chi connectivity index (χ3v) is 11.3. The van der Waals surface area contributed by atoms with Gasteiger partial charge in [0.05, 0.1) is 23.4 Å². The second-order valence-corrected chi connectivity index (χ2v) is 14.5. The van der Waals surface area contributed by atoms with Gasteiger partial charge in [0.25, 0.3) is 0 Å². The van der Waals surface area contributed by atoms with Crippen molar-refractivity contribution in [2.45, 2.75) is 20.0 Å². The summed E-state index contributed by atoms with van der Waals surface area (Å²) < 4.78 is 32.3. The molecule has 0 saturated carbocycles. The molecular formula is C44H42ClFN6O3S. The first kappa shape index (κ1) is 38.9. The zero-order valence-corrected chi connectivity index (χ0v) is 32.8. The van der Waals surface area contributed by atoms with Gasteiger partial charge in [0, 0.05) is 55.0 Å². The van der Waals surface area contributed by atoms with Gasteiger partial charge < -0.3 is 19.5 Å². The molecule has 7 rings (SSSR count). The normalized spacial score (nSPS) is 16.1. The number of ether oxygens (including phenoxy) is 3. The SMILES string of the molecule is COc1ccccc1-c1nccc(COc2ccccc2C/C=C2\C(c3ccc(OCCN4CCNCC4)c(Cl)c3C)=C(c3ccc(F)cc3)S\C2=N\C=N)n1. The van der Waals surface area contributed by atoms with Crippen molar-refractivity contribution in [3.05, 3.63) is 148 Å². The second-order valence-electron chi connectivity index (χ2n) is 13.2. The molecule has 0 amide bonds. The van der Waals surface area contributed by atoms with Crippen molar-refractivity contribution in [3.8, 4) is 28.6 Å². The molecule has 1 aromatic heterocycles. The lowest BCUT2D eigenvalue weighted by atomic mass is 9.91. The number of aromatic nitrogens is 2. The first-order valence-electron chi connectivity index (χ1n) is 18.4. The standard InChI is InChI=1S/C44H42ClFN6O3S/c1-29-34(17-18-39(41(29)45)54-26-25-52-23-21-48-22-24-52)40-36(44(50-28-47)56-42(40)31-11-14-32(46)15-12-31)16-13-30-7-3-5-9-37(30)55-27-33-19-20-49-43(51-33)35-8-4-6-10-38(35)53-2/h3-12,14-20,28,47-48H,13,21-27H2,1-2H3/b36-16+,47-28?,50-44+. The highest BCUT2D eigenvalue weighted by Gasteiger charge is 2.31. The number of halogens is 2. The number of allylic oxidation sites excluding steroid dienone is 2. The van der Waals surface area contributed by atoms with E-state index in [-0.39, 0.29) is 12.4 Å². The van der Waals surface area contributed by atoms with E-state index in [9.17, 15) is 4.39 Å². The lowest BCUT2D eigenvalue weighted by Gasteiger charge is -2.27. The molecule has 12 heteroatoms. The molecule has 0 aliphatic carbocycles. The Hall–Kier alpha value is -5.33. The molecule has 0 atom stereocenters. The van der Waals surface area contributed by atoms with Gasteiger partial charge in [-0.3, -0.25) is 10.3 Å². The number of methoxy groups -OCH3 is 1. The third-order valence-electron chi connectivity index (χ3n) is 9.64. The van der Waals surface area contributed by atoms with Crippen molar-refractivity contribution in [2.75, 3.05) is 46.4 Å². The topological polar surface area (TPSA) is 105 Å². The third kappa shape index (κ3) is 9.03. The fourth-order valence-electron chi connectivity index (χ4n) is 6.72. The van der Waals surface area contributed by atoms with Gasteiger partial charge in [-0.2, -0.15) is 0 Å². The van der Waals surface area contributed by atoms with Gasteiger partial charge in [-0.1, -0.05) is 78.0 Å². The average Bonchev–Trinajstić information content (AvgIpc) is 3.59. The maximum Gasteiger partial charge on any atom is 0.163 e. The Morgan fingerprint density at radius 1 is 0.929 bits per heavy atom. The minimum absolute atomic E-state index is 0.232. The summed E-state index contributed by atoms with van der Waals surface area (Å²) in [6.45, 7) is 7.50. The van der Waals surface area contributed by atoms with Crippen molar-refractivity contribution in [2.24, 2.45) is 4.99 Å². The summed E-state index contributed by atoms with van der Waals surface area (Å²) in [5.74, 6) is 2.27. The van der Waals surface area contributed by atoms with Crippen LogP contribution in [-0.2, 0) is 13.0 Å². The fourth-order valence-corrected chi connectivity index (χ4v) is 8.11. The van der Waals surface area contributed by atoms with E-state index in [1.165, 1.54) is 23.9 Å². The minimum atomic E-state index is -0.320. The lowest BCUT2D eigenvalue weighted by molar-refractivity contribution is 0.191. The van der Waals surface area contributed by atoms with Crippen molar-refractivity contribution in [3.63, 3.8) is 0 Å². The van der Waals surface area contributed by atoms with E-state index in [4.69, 9.17) is 36.2 Å². The Balaban J connectivity index is 1.19. The van der Waals surface area contributed by atoms with Crippen LogP contribution in [0, 0.1) is 18.2 Å². The van der Waals surface area contributed by atoms with Crippen molar-refractivity contribution >= 4 is 45.2 Å². The molecule has 1 saturated heterocycles. The highest BCUT2D eigenvalue weighted by molar-refractivity contribution is 8.23. The van der Waals surface area contributed by atoms with E-state index in [1.807, 2.05) is 73.7 Å². The monoisotopic (exact) mass is 788 g/mol. The summed E-state index contributed by atoms with van der Waals surface area (Å²) in [6, 6.07) is 27.8. The molecule has 5 aromatic rings. The molecule has 4 aromatic carbocycles. The number of benzene rings is 4. The van der Waals surface area contributed by atoms with E-state index in [1.54, 1.807) is 25.4 Å². The van der Waals surface area contributed by atoms with Crippen LogP contribution in [0.25, 0.3) is 21.9 Å². The quantitative estimate of drug-likeness (QED) is 0.0850. The lowest BCUT2D eigenvalue weighted by Crippen LogP contribution is -2.44. The summed E-state index contributed by atoms with van der Waals surface area (Å²) in [4.78, 5) is 17.0. The van der Waals surface area contributed by atoms with Crippen LogP contribution >= 0.6 is 23.4 Å². The van der Waals surface area contributed by atoms with E-state index < -0.39 is 0 Å². The van der Waals surface area contributed by atoms with Crippen LogP contribution in [0.3, 0.4) is 0 Å². The highest BCUT2D eigenvalue weighted by atomic mass is 35.5. The maximum atomic E-state index is 14.1. The number of rotatable bonds is 14. The molecule has 2 aliphatic heterocycles. The molecule has 1 fully saturated rings. The first-order chi connectivity index (χ1) is 27.4. The summed E-state index contributed by atoms with van der Waals surface area (Å²) in [5.41, 5.74) is 6.81. The number of thioether (sulfide) groups is 1. The highest BCUT2D eigenvalue weighted by Crippen LogP contribution is 2.51. The number of aliphatic imine (C=N–C) groups is 1. The van der Waals surface area contributed by atoms with Crippen molar-refractivity contribution in [1.82, 2.24) is 20.2 Å². The van der Waals surface area contributed by atoms with Crippen LogP contribution in [0.4, 0.5) is 4.39 Å². The van der Waals surface area contributed by atoms with Crippen LogP contribution in [0.2, 0.25) is 5.02 Å². The molecule has 286 valence electrons. The molecule has 9 nitrogen and oxygen atoms in total. The smallest absolute Gasteiger partial charge is 0.163 e. The summed E-state index contributed by atoms with van der Waals surface area (Å²) in [5, 5.41) is 12.5. The Morgan fingerprint density at radius 2 is 1.70 bits per heavy atom. The zero-order chi connectivity index (χ0) is 38.9. The Labute approximate surface area is 335 Å². The predicted molar refractivity (Wildman–Crippen MR) is 225 cm³/mol. The number of hydrogen-bond donors (Lipinski definition) is 2. The van der Waals surface area contributed by atoms with Crippen LogP contribution in [0.1, 0.15) is 27.9 Å². The molecule has 0 spiro atoms. The van der Waals surface area contributed by atoms with Crippen LogP contribution < -0.4 is 19.5 Å². The first-order valence-corrected chi connectivity index (χ1v) is 19.6. The molecule has 0 unspecified atom stereocenters. The number of piperazine rings is 1. The van der Waals surface area contributed by atoms with Gasteiger partial charge in [-0.05, 0) is 78.1 Å². The maximum absolute atomic E-state index is 14.1. The predicted octanol–water partition coefficient (Wildman–Crippen LogP) is 8.91. The second kappa shape index (κ2) is 18.5. The molecule has 0 radical (unpaired) electrons. The van der Waals surface area contributed by atoms with Crippen molar-refractivity contribution < 1.29 is 18.6 Å². The van der Waals surface area contributed by atoms with Crippen LogP contribution in [-0.4, -0.2) is 72.7 Å². The molecule has 3 heterocycles. The van der Waals surface area contributed by atoms with E-state index in [0.29, 0.717) is 46.2 Å². The largest absolute Gasteiger partial charge is 0.496 e. The number of hydrogen-bond acceptors (Lipinski definition) is 9. The van der Waals surface area contributed by atoms with E-state index >= 15 is 0 Å². The Bertz CT molecular complexity index is 2290. The van der Waals surface area contributed by atoms with Gasteiger partial charge in [-0.15, -0.1) is 0 Å². The van der Waals surface area contributed by atoms with Gasteiger partial charge in [0.2, 0.25) is 0 Å². The number of para-hydroxylation sites is 2. The van der Waals surface area contributed by atoms with Gasteiger partial charge in [0.15, 0.2) is 5.82 Å². The van der Waals surface area contributed by atoms with E-state index in [2.05, 4.69) is 26.3 Å². The molecule has 0 bridgehead atoms. The molecule has 56 heavy (non-hydrogen) atoms. The summed E-state index contributed by atoms with van der Waals surface area (Å²) in [7, 11) is 1.63. The van der Waals surface area contributed by atoms with Crippen LogP contribution in [0.15, 0.2) is 114 Å². The van der Waals surface area contributed by atoms with E-state index in [0.717, 1.165) is 88.6 Å². The van der Waals surface area contributed by atoms with Gasteiger partial charge >= 0.3 is 0 Å². The zero-order valence-electron chi connectivity index (χ0n) is 31.2. The van der Waals surface area contributed by atoms with Crippen molar-refractivity contribution in [1.29, 1.82) is 5.41 Å². The van der Waals surface area contributed by atoms with Gasteiger partial charge in [0.1, 0.15) is 47.7 Å². The number of nitrogens with one attached hydrogen (secondary N) is 2. The van der Waals surface area contributed by atoms with Crippen LogP contribution in [0.5, 0.6) is 17.2 Å². The average molecular weight is 789 g/mol.